The highest BCUT2D eigenvalue weighted by molar-refractivity contribution is 7.21. The number of thiophene rings is 1. The van der Waals surface area contributed by atoms with E-state index in [4.69, 9.17) is 4.74 Å². The molecule has 0 aliphatic heterocycles. The number of benzene rings is 2. The van der Waals surface area contributed by atoms with E-state index in [0.717, 1.165) is 15.1 Å². The van der Waals surface area contributed by atoms with Crippen LogP contribution in [0.2, 0.25) is 0 Å². The maximum Gasteiger partial charge on any atom is 0.279 e. The minimum absolute atomic E-state index is 0.218. The molecule has 0 unspecified atom stereocenters. The summed E-state index contributed by atoms with van der Waals surface area (Å²) < 4.78 is 6.16. The molecule has 0 fully saturated rings. The van der Waals surface area contributed by atoms with Gasteiger partial charge in [0, 0.05) is 10.6 Å². The number of anilines is 1. The number of carbonyl (C=O) groups is 1. The molecule has 0 saturated carbocycles. The summed E-state index contributed by atoms with van der Waals surface area (Å²) in [5.74, 6) is 0.330. The average Bonchev–Trinajstić information content (AvgIpc) is 3.17. The Morgan fingerprint density at radius 2 is 1.89 bits per heavy atom. The lowest BCUT2D eigenvalue weighted by molar-refractivity contribution is -0.117. The Kier molecular flexibility index (Phi) is 4.86. The van der Waals surface area contributed by atoms with Crippen LogP contribution in [0.15, 0.2) is 65.5 Å². The van der Waals surface area contributed by atoms with Gasteiger partial charge < -0.3 is 10.1 Å². The van der Waals surface area contributed by atoms with E-state index < -0.39 is 0 Å². The van der Waals surface area contributed by atoms with E-state index in [1.54, 1.807) is 37.4 Å². The van der Waals surface area contributed by atoms with Crippen LogP contribution in [-0.2, 0) is 11.3 Å². The topological polar surface area (TPSA) is 86.1 Å². The first-order valence-electron chi connectivity index (χ1n) is 8.51. The van der Waals surface area contributed by atoms with Gasteiger partial charge in [0.1, 0.15) is 12.3 Å². The van der Waals surface area contributed by atoms with Crippen molar-refractivity contribution in [3.8, 4) is 16.2 Å². The molecule has 1 amide bonds. The molecule has 4 aromatic rings. The van der Waals surface area contributed by atoms with Gasteiger partial charge in [-0.05, 0) is 35.9 Å². The molecule has 4 rings (SSSR count). The first-order chi connectivity index (χ1) is 13.6. The molecule has 1 N–H and O–H groups in total. The third kappa shape index (κ3) is 3.63. The van der Waals surface area contributed by atoms with Gasteiger partial charge in [-0.3, -0.25) is 9.59 Å². The van der Waals surface area contributed by atoms with E-state index in [0.29, 0.717) is 21.7 Å². The smallest absolute Gasteiger partial charge is 0.279 e. The number of nitrogens with one attached hydrogen (secondary N) is 1. The summed E-state index contributed by atoms with van der Waals surface area (Å²) >= 11 is 1.40. The molecule has 140 valence electrons. The van der Waals surface area contributed by atoms with Crippen LogP contribution >= 0.6 is 11.3 Å². The zero-order valence-corrected chi connectivity index (χ0v) is 15.8. The standard InChI is InChI=1S/C20H16N4O3S/c1-27-15-9-7-14(8-10-15)21-18(25)12-24-20(26)16-11-17(28-19(16)22-23-24)13-5-3-2-4-6-13/h2-11H,12H2,1H3,(H,21,25). The molecule has 0 atom stereocenters. The zero-order valence-electron chi connectivity index (χ0n) is 15.0. The second kappa shape index (κ2) is 7.61. The summed E-state index contributed by atoms with van der Waals surface area (Å²) in [7, 11) is 1.57. The van der Waals surface area contributed by atoms with E-state index in [1.165, 1.54) is 11.3 Å². The maximum atomic E-state index is 12.7. The average molecular weight is 392 g/mol. The number of rotatable bonds is 5. The lowest BCUT2D eigenvalue weighted by atomic mass is 10.2. The van der Waals surface area contributed by atoms with Crippen molar-refractivity contribution < 1.29 is 9.53 Å². The SMILES string of the molecule is COc1ccc(NC(=O)Cn2nnc3sc(-c4ccccc4)cc3c2=O)cc1. The summed E-state index contributed by atoms with van der Waals surface area (Å²) in [5, 5.41) is 11.2. The Morgan fingerprint density at radius 1 is 1.14 bits per heavy atom. The molecule has 0 saturated heterocycles. The van der Waals surface area contributed by atoms with E-state index in [2.05, 4.69) is 15.6 Å². The number of ether oxygens (including phenoxy) is 1. The van der Waals surface area contributed by atoms with Crippen LogP contribution in [0.4, 0.5) is 5.69 Å². The van der Waals surface area contributed by atoms with Crippen LogP contribution in [-0.4, -0.2) is 28.0 Å². The van der Waals surface area contributed by atoms with Crippen molar-refractivity contribution >= 4 is 33.1 Å². The first kappa shape index (κ1) is 17.9. The summed E-state index contributed by atoms with van der Waals surface area (Å²) in [5.41, 5.74) is 1.27. The minimum atomic E-state index is -0.362. The van der Waals surface area contributed by atoms with Crippen LogP contribution in [0, 0.1) is 0 Å². The lowest BCUT2D eigenvalue weighted by Crippen LogP contribution is -2.30. The molecule has 0 aliphatic rings. The molecule has 7 nitrogen and oxygen atoms in total. The van der Waals surface area contributed by atoms with Crippen molar-refractivity contribution in [2.75, 3.05) is 12.4 Å². The quantitative estimate of drug-likeness (QED) is 0.564. The first-order valence-corrected chi connectivity index (χ1v) is 9.32. The Hall–Kier alpha value is -3.52. The molecule has 0 spiro atoms. The lowest BCUT2D eigenvalue weighted by Gasteiger charge is -2.07. The molecule has 2 aromatic carbocycles. The molecular weight excluding hydrogens is 376 g/mol. The highest BCUT2D eigenvalue weighted by Crippen LogP contribution is 2.30. The van der Waals surface area contributed by atoms with Crippen molar-refractivity contribution in [2.45, 2.75) is 6.54 Å². The summed E-state index contributed by atoms with van der Waals surface area (Å²) in [6.07, 6.45) is 0. The number of methoxy groups -OCH3 is 1. The van der Waals surface area contributed by atoms with Gasteiger partial charge in [-0.1, -0.05) is 35.5 Å². The number of amides is 1. The van der Waals surface area contributed by atoms with Crippen LogP contribution in [0.5, 0.6) is 5.75 Å². The largest absolute Gasteiger partial charge is 0.497 e. The predicted octanol–water partition coefficient (Wildman–Crippen LogP) is 3.17. The number of hydrogen-bond donors (Lipinski definition) is 1. The molecule has 8 heteroatoms. The number of fused-ring (bicyclic) bond motifs is 1. The fourth-order valence-corrected chi connectivity index (χ4v) is 3.71. The van der Waals surface area contributed by atoms with E-state index in [9.17, 15) is 9.59 Å². The van der Waals surface area contributed by atoms with E-state index in [-0.39, 0.29) is 18.0 Å². The highest BCUT2D eigenvalue weighted by atomic mass is 32.1. The predicted molar refractivity (Wildman–Crippen MR) is 109 cm³/mol. The summed E-state index contributed by atoms with van der Waals surface area (Å²) in [6.45, 7) is -0.218. The van der Waals surface area contributed by atoms with Gasteiger partial charge >= 0.3 is 0 Å². The second-order valence-electron chi connectivity index (χ2n) is 6.02. The molecule has 0 bridgehead atoms. The normalized spacial score (nSPS) is 10.8. The highest BCUT2D eigenvalue weighted by Gasteiger charge is 2.13. The van der Waals surface area contributed by atoms with Gasteiger partial charge in [0.2, 0.25) is 5.91 Å². The van der Waals surface area contributed by atoms with Gasteiger partial charge in [0.15, 0.2) is 4.83 Å². The maximum absolute atomic E-state index is 12.7. The van der Waals surface area contributed by atoms with Gasteiger partial charge in [-0.25, -0.2) is 4.68 Å². The van der Waals surface area contributed by atoms with Crippen LogP contribution < -0.4 is 15.6 Å². The second-order valence-corrected chi connectivity index (χ2v) is 7.06. The van der Waals surface area contributed by atoms with Crippen molar-refractivity contribution in [1.82, 2.24) is 15.0 Å². The monoisotopic (exact) mass is 392 g/mol. The number of aromatic nitrogens is 3. The third-order valence-corrected chi connectivity index (χ3v) is 5.21. The minimum Gasteiger partial charge on any atom is -0.497 e. The van der Waals surface area contributed by atoms with Gasteiger partial charge in [0.25, 0.3) is 5.56 Å². The van der Waals surface area contributed by atoms with Gasteiger partial charge in [-0.15, -0.1) is 16.4 Å². The van der Waals surface area contributed by atoms with E-state index in [1.807, 2.05) is 30.3 Å². The Morgan fingerprint density at radius 3 is 2.61 bits per heavy atom. The fourth-order valence-electron chi connectivity index (χ4n) is 2.74. The van der Waals surface area contributed by atoms with Crippen LogP contribution in [0.3, 0.4) is 0 Å². The zero-order chi connectivity index (χ0) is 19.5. The summed E-state index contributed by atoms with van der Waals surface area (Å²) in [6, 6.07) is 18.5. The summed E-state index contributed by atoms with van der Waals surface area (Å²) in [4.78, 5) is 26.5. The van der Waals surface area contributed by atoms with Crippen molar-refractivity contribution in [3.63, 3.8) is 0 Å². The van der Waals surface area contributed by atoms with Crippen LogP contribution in [0.1, 0.15) is 0 Å². The Balaban J connectivity index is 1.56. The third-order valence-electron chi connectivity index (χ3n) is 4.15. The molecule has 2 heterocycles. The number of hydrogen-bond acceptors (Lipinski definition) is 6. The van der Waals surface area contributed by atoms with Crippen molar-refractivity contribution in [3.05, 3.63) is 71.0 Å². The fraction of sp³-hybridized carbons (Fsp3) is 0.100. The number of nitrogens with zero attached hydrogens (tertiary/aromatic N) is 3. The van der Waals surface area contributed by atoms with Crippen LogP contribution in [0.25, 0.3) is 20.7 Å². The van der Waals surface area contributed by atoms with Crippen molar-refractivity contribution in [1.29, 1.82) is 0 Å². The molecular formula is C20H16N4O3S. The molecule has 0 aliphatic carbocycles. The van der Waals surface area contributed by atoms with Gasteiger partial charge in [0.05, 0.1) is 12.5 Å². The molecule has 0 radical (unpaired) electrons. The van der Waals surface area contributed by atoms with E-state index >= 15 is 0 Å². The van der Waals surface area contributed by atoms with Gasteiger partial charge in [-0.2, -0.15) is 0 Å². The van der Waals surface area contributed by atoms with Crippen molar-refractivity contribution in [2.24, 2.45) is 0 Å². The Bertz CT molecular complexity index is 1180. The Labute approximate surface area is 164 Å². The molecule has 2 aromatic heterocycles. The molecule has 28 heavy (non-hydrogen) atoms. The number of carbonyl (C=O) groups excluding carboxylic acids is 1.